The molecule has 0 saturated carbocycles. The van der Waals surface area contributed by atoms with Crippen molar-refractivity contribution >= 4 is 0 Å². The molecule has 0 rings (SSSR count). The molecule has 0 aromatic heterocycles. The van der Waals surface area contributed by atoms with Gasteiger partial charge in [-0.05, 0) is 46.1 Å². The van der Waals surface area contributed by atoms with Crippen LogP contribution in [-0.2, 0) is 0 Å². The summed E-state index contributed by atoms with van der Waals surface area (Å²) < 4.78 is 0. The van der Waals surface area contributed by atoms with Crippen molar-refractivity contribution in [3.05, 3.63) is 59.3 Å². The highest BCUT2D eigenvalue weighted by Gasteiger charge is 2.11. The normalized spacial score (nSPS) is 14.5. The zero-order valence-corrected chi connectivity index (χ0v) is 16.8. The highest BCUT2D eigenvalue weighted by molar-refractivity contribution is 5.29. The summed E-state index contributed by atoms with van der Waals surface area (Å²) in [6.45, 7) is 19.6. The van der Waals surface area contributed by atoms with E-state index in [1.165, 1.54) is 28.7 Å². The van der Waals surface area contributed by atoms with Gasteiger partial charge in [0.05, 0.1) is 0 Å². The molecule has 2 nitrogen and oxygen atoms in total. The molecule has 0 aromatic rings. The first-order valence-electron chi connectivity index (χ1n) is 9.27. The molecule has 1 N–H and O–H groups in total. The van der Waals surface area contributed by atoms with Crippen LogP contribution in [0.25, 0.3) is 0 Å². The van der Waals surface area contributed by atoms with Gasteiger partial charge in [-0.25, -0.2) is 5.01 Å². The molecule has 0 amide bonds. The standard InChI is InChI=1S/C22H38N2/c1-8-14-20(11-4)16-23-24(17-21(12-5)15-9-2)18-22(13-6)19(7)10-3/h8,10,12-14,23H,1,9,11,15-18H2,2-7H3/b19-10-,20-14+,21-12+,22-13-. The van der Waals surface area contributed by atoms with Gasteiger partial charge in [-0.1, -0.05) is 73.9 Å². The minimum Gasteiger partial charge on any atom is -0.250 e. The first kappa shape index (κ1) is 22.6. The third-order valence-corrected chi connectivity index (χ3v) is 4.36. The molecule has 0 bridgehead atoms. The van der Waals surface area contributed by atoms with Gasteiger partial charge in [-0.15, -0.1) is 0 Å². The Kier molecular flexibility index (Phi) is 13.2. The summed E-state index contributed by atoms with van der Waals surface area (Å²) in [5.41, 5.74) is 9.22. The maximum Gasteiger partial charge on any atom is 0.0384 e. The first-order valence-corrected chi connectivity index (χ1v) is 9.27. The van der Waals surface area contributed by atoms with E-state index in [2.05, 4.69) is 82.9 Å². The van der Waals surface area contributed by atoms with E-state index in [4.69, 9.17) is 0 Å². The fraction of sp³-hybridized carbons (Fsp3) is 0.545. The molecular weight excluding hydrogens is 292 g/mol. The van der Waals surface area contributed by atoms with Crippen molar-refractivity contribution in [3.63, 3.8) is 0 Å². The molecule has 0 radical (unpaired) electrons. The van der Waals surface area contributed by atoms with Crippen LogP contribution in [0.1, 0.15) is 60.8 Å². The van der Waals surface area contributed by atoms with E-state index in [0.29, 0.717) is 0 Å². The minimum atomic E-state index is 0.873. The second kappa shape index (κ2) is 14.0. The molecular formula is C22H38N2. The Labute approximate surface area is 150 Å². The number of hydrazine groups is 1. The molecule has 0 spiro atoms. The summed E-state index contributed by atoms with van der Waals surface area (Å²) in [5.74, 6) is 0. The third kappa shape index (κ3) is 9.05. The maximum atomic E-state index is 3.81. The van der Waals surface area contributed by atoms with Crippen molar-refractivity contribution in [2.75, 3.05) is 19.6 Å². The quantitative estimate of drug-likeness (QED) is 0.269. The van der Waals surface area contributed by atoms with Crippen LogP contribution in [0.15, 0.2) is 59.3 Å². The average Bonchev–Trinajstić information content (AvgIpc) is 2.61. The zero-order chi connectivity index (χ0) is 18.4. The summed E-state index contributed by atoms with van der Waals surface area (Å²) in [7, 11) is 0. The van der Waals surface area contributed by atoms with E-state index in [9.17, 15) is 0 Å². The van der Waals surface area contributed by atoms with Crippen LogP contribution in [0.3, 0.4) is 0 Å². The van der Waals surface area contributed by atoms with Gasteiger partial charge >= 0.3 is 0 Å². The Hall–Kier alpha value is -1.38. The molecule has 24 heavy (non-hydrogen) atoms. The van der Waals surface area contributed by atoms with E-state index < -0.39 is 0 Å². The summed E-state index contributed by atoms with van der Waals surface area (Å²) in [5, 5.41) is 2.35. The maximum absolute atomic E-state index is 3.81. The lowest BCUT2D eigenvalue weighted by molar-refractivity contribution is 0.230. The van der Waals surface area contributed by atoms with Gasteiger partial charge < -0.3 is 0 Å². The first-order chi connectivity index (χ1) is 11.6. The van der Waals surface area contributed by atoms with Crippen molar-refractivity contribution < 1.29 is 0 Å². The second-order valence-corrected chi connectivity index (χ2v) is 6.09. The summed E-state index contributed by atoms with van der Waals surface area (Å²) >= 11 is 0. The lowest BCUT2D eigenvalue weighted by atomic mass is 10.1. The Morgan fingerprint density at radius 2 is 1.71 bits per heavy atom. The molecule has 0 aromatic carbocycles. The smallest absolute Gasteiger partial charge is 0.0384 e. The number of hydrogen-bond donors (Lipinski definition) is 1. The molecule has 0 unspecified atom stereocenters. The minimum absolute atomic E-state index is 0.873. The summed E-state index contributed by atoms with van der Waals surface area (Å²) in [6.07, 6.45) is 14.0. The lowest BCUT2D eigenvalue weighted by Crippen LogP contribution is -2.41. The number of allylic oxidation sites excluding steroid dienone is 5. The lowest BCUT2D eigenvalue weighted by Gasteiger charge is -2.27. The van der Waals surface area contributed by atoms with Gasteiger partial charge in [0.1, 0.15) is 0 Å². The summed E-state index contributed by atoms with van der Waals surface area (Å²) in [6, 6.07) is 0. The summed E-state index contributed by atoms with van der Waals surface area (Å²) in [4.78, 5) is 0. The molecule has 0 atom stereocenters. The van der Waals surface area contributed by atoms with E-state index >= 15 is 0 Å². The Morgan fingerprint density at radius 1 is 1.00 bits per heavy atom. The van der Waals surface area contributed by atoms with Crippen LogP contribution in [0.2, 0.25) is 0 Å². The molecule has 0 heterocycles. The van der Waals surface area contributed by atoms with E-state index in [-0.39, 0.29) is 0 Å². The topological polar surface area (TPSA) is 15.3 Å². The van der Waals surface area contributed by atoms with Gasteiger partial charge in [0.2, 0.25) is 0 Å². The molecule has 0 saturated heterocycles. The van der Waals surface area contributed by atoms with Crippen molar-refractivity contribution in [3.8, 4) is 0 Å². The van der Waals surface area contributed by atoms with Crippen LogP contribution in [-0.4, -0.2) is 24.6 Å². The number of nitrogens with zero attached hydrogens (tertiary/aromatic N) is 1. The monoisotopic (exact) mass is 330 g/mol. The van der Waals surface area contributed by atoms with E-state index in [1.54, 1.807) is 0 Å². The van der Waals surface area contributed by atoms with Gasteiger partial charge in [-0.3, -0.25) is 5.43 Å². The van der Waals surface area contributed by atoms with Crippen LogP contribution in [0, 0.1) is 0 Å². The Morgan fingerprint density at radius 3 is 2.17 bits per heavy atom. The molecule has 2 heteroatoms. The van der Waals surface area contributed by atoms with Crippen LogP contribution in [0.5, 0.6) is 0 Å². The van der Waals surface area contributed by atoms with Crippen molar-refractivity contribution in [2.24, 2.45) is 0 Å². The van der Waals surface area contributed by atoms with Crippen LogP contribution in [0.4, 0.5) is 0 Å². The molecule has 136 valence electrons. The largest absolute Gasteiger partial charge is 0.250 e. The van der Waals surface area contributed by atoms with Gasteiger partial charge in [0, 0.05) is 19.6 Å². The van der Waals surface area contributed by atoms with Crippen molar-refractivity contribution in [1.82, 2.24) is 10.4 Å². The fourth-order valence-electron chi connectivity index (χ4n) is 2.57. The second-order valence-electron chi connectivity index (χ2n) is 6.09. The molecule has 0 aliphatic heterocycles. The van der Waals surface area contributed by atoms with Gasteiger partial charge in [-0.2, -0.15) is 0 Å². The van der Waals surface area contributed by atoms with Crippen molar-refractivity contribution in [1.29, 1.82) is 0 Å². The molecule has 0 fully saturated rings. The Bertz CT molecular complexity index is 478. The fourth-order valence-corrected chi connectivity index (χ4v) is 2.57. The van der Waals surface area contributed by atoms with Gasteiger partial charge in [0.25, 0.3) is 0 Å². The predicted octanol–water partition coefficient (Wildman–Crippen LogP) is 5.97. The molecule has 0 aliphatic rings. The third-order valence-electron chi connectivity index (χ3n) is 4.36. The predicted molar refractivity (Wildman–Crippen MR) is 110 cm³/mol. The highest BCUT2D eigenvalue weighted by atomic mass is 15.5. The Balaban J connectivity index is 5.13. The highest BCUT2D eigenvalue weighted by Crippen LogP contribution is 2.13. The SMILES string of the molecule is C=C/C=C(\CC)CNN(C/C(=C/C)CCC)CC(=C/C)/C(C)=C\C. The van der Waals surface area contributed by atoms with Crippen molar-refractivity contribution in [2.45, 2.75) is 60.8 Å². The van der Waals surface area contributed by atoms with E-state index in [1.807, 2.05) is 6.08 Å². The number of nitrogens with one attached hydrogen (secondary N) is 1. The van der Waals surface area contributed by atoms with E-state index in [0.717, 1.165) is 32.5 Å². The van der Waals surface area contributed by atoms with Gasteiger partial charge in [0.15, 0.2) is 0 Å². The number of hydrogen-bond acceptors (Lipinski definition) is 2. The molecule has 0 aliphatic carbocycles. The van der Waals surface area contributed by atoms with Crippen LogP contribution < -0.4 is 5.43 Å². The number of rotatable bonds is 12. The van der Waals surface area contributed by atoms with Crippen LogP contribution >= 0.6 is 0 Å². The average molecular weight is 331 g/mol. The zero-order valence-electron chi connectivity index (χ0n) is 16.8.